The van der Waals surface area contributed by atoms with E-state index in [4.69, 9.17) is 10.5 Å². The predicted octanol–water partition coefficient (Wildman–Crippen LogP) is 3.29. The van der Waals surface area contributed by atoms with Crippen molar-refractivity contribution >= 4 is 33.2 Å². The number of rotatable bonds is 3. The Morgan fingerprint density at radius 3 is 2.68 bits per heavy atom. The number of ether oxygens (including phenoxy) is 1. The second-order valence-corrected chi connectivity index (χ2v) is 4.75. The molecule has 0 saturated carbocycles. The Hall–Kier alpha value is -2.01. The minimum Gasteiger partial charge on any atom is -0.496 e. The van der Waals surface area contributed by atoms with Gasteiger partial charge in [-0.05, 0) is 46.3 Å². The Kier molecular flexibility index (Phi) is 4.06. The molecule has 0 bridgehead atoms. The van der Waals surface area contributed by atoms with Gasteiger partial charge in [0, 0.05) is 15.8 Å². The third kappa shape index (κ3) is 3.06. The molecule has 0 unspecified atom stereocenters. The molecule has 0 atom stereocenters. The molecule has 2 rings (SSSR count). The van der Waals surface area contributed by atoms with Crippen LogP contribution in [0.15, 0.2) is 46.9 Å². The van der Waals surface area contributed by atoms with Crippen molar-refractivity contribution in [1.29, 1.82) is 0 Å². The van der Waals surface area contributed by atoms with E-state index in [1.54, 1.807) is 36.4 Å². The Morgan fingerprint density at radius 2 is 2.00 bits per heavy atom. The molecule has 0 aliphatic heterocycles. The number of hydrogen-bond acceptors (Lipinski definition) is 3. The molecule has 2 aromatic carbocycles. The average molecular weight is 321 g/mol. The van der Waals surface area contributed by atoms with Gasteiger partial charge in [-0.2, -0.15) is 0 Å². The second-order valence-electron chi connectivity index (χ2n) is 3.89. The number of nitrogens with one attached hydrogen (secondary N) is 1. The Morgan fingerprint density at radius 1 is 1.26 bits per heavy atom. The normalized spacial score (nSPS) is 10.0. The molecule has 0 radical (unpaired) electrons. The highest BCUT2D eigenvalue weighted by atomic mass is 79.9. The molecule has 0 saturated heterocycles. The summed E-state index contributed by atoms with van der Waals surface area (Å²) in [6.07, 6.45) is 0. The van der Waals surface area contributed by atoms with Gasteiger partial charge in [0.1, 0.15) is 5.75 Å². The number of benzene rings is 2. The first kappa shape index (κ1) is 13.4. The molecule has 0 spiro atoms. The monoisotopic (exact) mass is 320 g/mol. The van der Waals surface area contributed by atoms with Gasteiger partial charge in [0.25, 0.3) is 5.91 Å². The van der Waals surface area contributed by atoms with Gasteiger partial charge in [0.15, 0.2) is 0 Å². The number of nitrogens with two attached hydrogens (primary N) is 1. The Labute approximate surface area is 119 Å². The average Bonchev–Trinajstić information content (AvgIpc) is 2.43. The van der Waals surface area contributed by atoms with E-state index in [1.165, 1.54) is 7.11 Å². The quantitative estimate of drug-likeness (QED) is 0.853. The molecule has 3 N–H and O–H groups in total. The van der Waals surface area contributed by atoms with Crippen LogP contribution in [0.4, 0.5) is 11.4 Å². The number of para-hydroxylation sites is 1. The largest absolute Gasteiger partial charge is 0.496 e. The standard InChI is InChI=1S/C14H13BrN2O2/c1-19-13-5-3-2-4-10(13)14(18)17-9-6-7-12(16)11(15)8-9/h2-8H,16H2,1H3,(H,17,18). The maximum absolute atomic E-state index is 12.2. The van der Waals surface area contributed by atoms with E-state index in [9.17, 15) is 4.79 Å². The summed E-state index contributed by atoms with van der Waals surface area (Å²) in [4.78, 5) is 12.2. The van der Waals surface area contributed by atoms with Gasteiger partial charge >= 0.3 is 0 Å². The lowest BCUT2D eigenvalue weighted by Crippen LogP contribution is -2.13. The second kappa shape index (κ2) is 5.75. The summed E-state index contributed by atoms with van der Waals surface area (Å²) < 4.78 is 5.90. The minimum absolute atomic E-state index is 0.228. The lowest BCUT2D eigenvalue weighted by molar-refractivity contribution is 0.102. The molecule has 4 nitrogen and oxygen atoms in total. The van der Waals surface area contributed by atoms with Crippen LogP contribution in [0.3, 0.4) is 0 Å². The molecule has 0 heterocycles. The molecule has 0 aromatic heterocycles. The van der Waals surface area contributed by atoms with Crippen LogP contribution in [0.1, 0.15) is 10.4 Å². The summed E-state index contributed by atoms with van der Waals surface area (Å²) in [5, 5.41) is 2.80. The predicted molar refractivity (Wildman–Crippen MR) is 79.5 cm³/mol. The summed E-state index contributed by atoms with van der Waals surface area (Å²) in [7, 11) is 1.53. The number of halogens is 1. The molecular weight excluding hydrogens is 308 g/mol. The van der Waals surface area contributed by atoms with Gasteiger partial charge in [-0.25, -0.2) is 0 Å². The number of carbonyl (C=O) groups excluding carboxylic acids is 1. The highest BCUT2D eigenvalue weighted by Crippen LogP contribution is 2.24. The number of methoxy groups -OCH3 is 1. The number of carbonyl (C=O) groups is 1. The van der Waals surface area contributed by atoms with Gasteiger partial charge in [-0.15, -0.1) is 0 Å². The van der Waals surface area contributed by atoms with Crippen molar-refractivity contribution < 1.29 is 9.53 Å². The maximum atomic E-state index is 12.2. The van der Waals surface area contributed by atoms with Crippen molar-refractivity contribution in [3.8, 4) is 5.75 Å². The van der Waals surface area contributed by atoms with Crippen LogP contribution in [-0.4, -0.2) is 13.0 Å². The lowest BCUT2D eigenvalue weighted by Gasteiger charge is -2.09. The summed E-state index contributed by atoms with van der Waals surface area (Å²) in [5.41, 5.74) is 7.47. The van der Waals surface area contributed by atoms with Crippen LogP contribution >= 0.6 is 15.9 Å². The first-order valence-electron chi connectivity index (χ1n) is 5.61. The number of nitrogen functional groups attached to an aromatic ring is 1. The van der Waals surface area contributed by atoms with Crippen molar-refractivity contribution in [2.24, 2.45) is 0 Å². The summed E-state index contributed by atoms with van der Waals surface area (Å²) in [6.45, 7) is 0. The van der Waals surface area contributed by atoms with Crippen molar-refractivity contribution in [3.63, 3.8) is 0 Å². The van der Waals surface area contributed by atoms with Gasteiger partial charge in [-0.1, -0.05) is 12.1 Å². The van der Waals surface area contributed by atoms with Crippen molar-refractivity contribution in [1.82, 2.24) is 0 Å². The van der Waals surface area contributed by atoms with E-state index in [-0.39, 0.29) is 5.91 Å². The van der Waals surface area contributed by atoms with E-state index in [0.717, 1.165) is 4.47 Å². The van der Waals surface area contributed by atoms with Crippen molar-refractivity contribution in [2.75, 3.05) is 18.2 Å². The van der Waals surface area contributed by atoms with E-state index in [0.29, 0.717) is 22.7 Å². The highest BCUT2D eigenvalue weighted by Gasteiger charge is 2.11. The summed E-state index contributed by atoms with van der Waals surface area (Å²) >= 11 is 3.32. The smallest absolute Gasteiger partial charge is 0.259 e. The van der Waals surface area contributed by atoms with E-state index < -0.39 is 0 Å². The molecule has 2 aromatic rings. The van der Waals surface area contributed by atoms with Crippen molar-refractivity contribution in [3.05, 3.63) is 52.5 Å². The topological polar surface area (TPSA) is 64.3 Å². The third-order valence-corrected chi connectivity index (χ3v) is 3.30. The van der Waals surface area contributed by atoms with Crippen LogP contribution in [0, 0.1) is 0 Å². The number of amides is 1. The first-order valence-corrected chi connectivity index (χ1v) is 6.40. The highest BCUT2D eigenvalue weighted by molar-refractivity contribution is 9.10. The molecule has 1 amide bonds. The molecule has 0 fully saturated rings. The fourth-order valence-corrected chi connectivity index (χ4v) is 2.01. The van der Waals surface area contributed by atoms with Crippen LogP contribution in [-0.2, 0) is 0 Å². The van der Waals surface area contributed by atoms with Gasteiger partial charge < -0.3 is 15.8 Å². The van der Waals surface area contributed by atoms with Gasteiger partial charge in [-0.3, -0.25) is 4.79 Å². The minimum atomic E-state index is -0.228. The fourth-order valence-electron chi connectivity index (χ4n) is 1.64. The zero-order chi connectivity index (χ0) is 13.8. The van der Waals surface area contributed by atoms with Crippen LogP contribution in [0.2, 0.25) is 0 Å². The van der Waals surface area contributed by atoms with Crippen LogP contribution < -0.4 is 15.8 Å². The van der Waals surface area contributed by atoms with Crippen LogP contribution in [0.25, 0.3) is 0 Å². The van der Waals surface area contributed by atoms with E-state index >= 15 is 0 Å². The summed E-state index contributed by atoms with van der Waals surface area (Å²) in [5.74, 6) is 0.309. The molecular formula is C14H13BrN2O2. The van der Waals surface area contributed by atoms with Gasteiger partial charge in [0.2, 0.25) is 0 Å². The number of anilines is 2. The zero-order valence-electron chi connectivity index (χ0n) is 10.3. The SMILES string of the molecule is COc1ccccc1C(=O)Nc1ccc(N)c(Br)c1. The summed E-state index contributed by atoms with van der Waals surface area (Å²) in [6, 6.07) is 12.3. The first-order chi connectivity index (χ1) is 9.11. The maximum Gasteiger partial charge on any atom is 0.259 e. The van der Waals surface area contributed by atoms with Crippen LogP contribution in [0.5, 0.6) is 5.75 Å². The number of hydrogen-bond donors (Lipinski definition) is 2. The third-order valence-electron chi connectivity index (χ3n) is 2.61. The van der Waals surface area contributed by atoms with E-state index in [2.05, 4.69) is 21.2 Å². The Bertz CT molecular complexity index is 614. The van der Waals surface area contributed by atoms with Gasteiger partial charge in [0.05, 0.1) is 12.7 Å². The molecule has 98 valence electrons. The molecule has 0 aliphatic rings. The zero-order valence-corrected chi connectivity index (χ0v) is 11.9. The van der Waals surface area contributed by atoms with E-state index in [1.807, 2.05) is 6.07 Å². The lowest BCUT2D eigenvalue weighted by atomic mass is 10.2. The Balaban J connectivity index is 2.23. The van der Waals surface area contributed by atoms with Crippen molar-refractivity contribution in [2.45, 2.75) is 0 Å². The molecule has 0 aliphatic carbocycles. The fraction of sp³-hybridized carbons (Fsp3) is 0.0714. The molecule has 19 heavy (non-hydrogen) atoms. The molecule has 5 heteroatoms.